The number of halogens is 2. The van der Waals surface area contributed by atoms with Crippen LogP contribution in [0.25, 0.3) is 0 Å². The number of alkyl halides is 2. The van der Waals surface area contributed by atoms with Crippen molar-refractivity contribution in [3.8, 4) is 0 Å². The molecule has 1 amide bonds. The number of rotatable bonds is 4. The highest BCUT2D eigenvalue weighted by atomic mass is 19.3. The van der Waals surface area contributed by atoms with Crippen LogP contribution in [-0.2, 0) is 21.8 Å². The number of carbonyl (C=O) groups is 1. The van der Waals surface area contributed by atoms with E-state index in [1.807, 2.05) is 31.2 Å². The quantitative estimate of drug-likeness (QED) is 0.715. The number of nitrogens with zero attached hydrogens (tertiary/aromatic N) is 1. The Morgan fingerprint density at radius 2 is 1.77 bits per heavy atom. The van der Waals surface area contributed by atoms with E-state index in [4.69, 9.17) is 11.1 Å². The number of hydrogen-bond donors (Lipinski definition) is 3. The average Bonchev–Trinajstić information content (AvgIpc) is 3.45. The average molecular weight is 412 g/mol. The molecule has 2 fully saturated rings. The van der Waals surface area contributed by atoms with Crippen LogP contribution in [-0.4, -0.2) is 23.8 Å². The van der Waals surface area contributed by atoms with Crippen molar-refractivity contribution in [3.05, 3.63) is 70.8 Å². The number of benzene rings is 2. The summed E-state index contributed by atoms with van der Waals surface area (Å²) in [6.07, 6.45) is 1.82. The Labute approximate surface area is 174 Å². The molecule has 158 valence electrons. The molecule has 1 aliphatic carbocycles. The van der Waals surface area contributed by atoms with Crippen LogP contribution in [0.5, 0.6) is 0 Å². The van der Waals surface area contributed by atoms with E-state index in [2.05, 4.69) is 5.32 Å². The van der Waals surface area contributed by atoms with Crippen molar-refractivity contribution in [2.75, 3.05) is 7.05 Å². The highest BCUT2D eigenvalue weighted by molar-refractivity contribution is 6.02. The van der Waals surface area contributed by atoms with Crippen molar-refractivity contribution < 1.29 is 13.6 Å². The van der Waals surface area contributed by atoms with Crippen LogP contribution < -0.4 is 11.1 Å². The maximum atomic E-state index is 13.7. The van der Waals surface area contributed by atoms with Crippen LogP contribution in [0.4, 0.5) is 8.78 Å². The summed E-state index contributed by atoms with van der Waals surface area (Å²) in [4.78, 5) is 14.5. The molecule has 0 radical (unpaired) electrons. The van der Waals surface area contributed by atoms with Crippen molar-refractivity contribution in [1.29, 1.82) is 5.41 Å². The van der Waals surface area contributed by atoms with Gasteiger partial charge in [0.1, 0.15) is 0 Å². The molecule has 30 heavy (non-hydrogen) atoms. The van der Waals surface area contributed by atoms with Gasteiger partial charge < -0.3 is 11.1 Å². The molecule has 1 aliphatic heterocycles. The Hall–Kier alpha value is -2.80. The van der Waals surface area contributed by atoms with Gasteiger partial charge in [0, 0.05) is 25.1 Å². The van der Waals surface area contributed by atoms with Crippen molar-refractivity contribution in [3.63, 3.8) is 0 Å². The van der Waals surface area contributed by atoms with Crippen molar-refractivity contribution in [1.82, 2.24) is 10.2 Å². The van der Waals surface area contributed by atoms with Crippen molar-refractivity contribution >= 4 is 11.9 Å². The van der Waals surface area contributed by atoms with Gasteiger partial charge in [0.2, 0.25) is 5.91 Å². The SMILES string of the molecule is CN1C(=N)N[C@](C)(c2cccc(C3(N)CC3)c2)[C@@H](c2ccc(C(C)(F)F)cc2)C1=O. The third kappa shape index (κ3) is 3.27. The fourth-order valence-corrected chi connectivity index (χ4v) is 4.21. The van der Waals surface area contributed by atoms with Crippen LogP contribution in [0.2, 0.25) is 0 Å². The van der Waals surface area contributed by atoms with E-state index in [0.717, 1.165) is 30.9 Å². The molecular weight excluding hydrogens is 386 g/mol. The summed E-state index contributed by atoms with van der Waals surface area (Å²) >= 11 is 0. The predicted molar refractivity (Wildman–Crippen MR) is 111 cm³/mol. The zero-order valence-corrected chi connectivity index (χ0v) is 17.3. The van der Waals surface area contributed by atoms with Gasteiger partial charge in [0.05, 0.1) is 11.5 Å². The lowest BCUT2D eigenvalue weighted by molar-refractivity contribution is -0.131. The Balaban J connectivity index is 1.81. The van der Waals surface area contributed by atoms with Gasteiger partial charge in [-0.05, 0) is 36.5 Å². The van der Waals surface area contributed by atoms with Gasteiger partial charge in [-0.2, -0.15) is 0 Å². The molecule has 4 rings (SSSR count). The Morgan fingerprint density at radius 1 is 1.17 bits per heavy atom. The topological polar surface area (TPSA) is 82.2 Å². The van der Waals surface area contributed by atoms with E-state index in [0.29, 0.717) is 5.56 Å². The largest absolute Gasteiger partial charge is 0.346 e. The lowest BCUT2D eigenvalue weighted by Gasteiger charge is -2.46. The van der Waals surface area contributed by atoms with E-state index in [1.54, 1.807) is 12.1 Å². The fourth-order valence-electron chi connectivity index (χ4n) is 4.21. The second-order valence-electron chi connectivity index (χ2n) is 8.75. The molecule has 4 N–H and O–H groups in total. The Bertz CT molecular complexity index is 1010. The van der Waals surface area contributed by atoms with Gasteiger partial charge in [0.15, 0.2) is 5.96 Å². The van der Waals surface area contributed by atoms with Gasteiger partial charge in [-0.3, -0.25) is 15.1 Å². The third-order valence-electron chi connectivity index (χ3n) is 6.45. The zero-order chi connectivity index (χ0) is 21.9. The van der Waals surface area contributed by atoms with Gasteiger partial charge in [0.25, 0.3) is 5.92 Å². The van der Waals surface area contributed by atoms with Gasteiger partial charge in [-0.15, -0.1) is 0 Å². The van der Waals surface area contributed by atoms with Crippen molar-refractivity contribution in [2.24, 2.45) is 5.73 Å². The lowest BCUT2D eigenvalue weighted by atomic mass is 9.73. The van der Waals surface area contributed by atoms with Crippen molar-refractivity contribution in [2.45, 2.75) is 49.6 Å². The minimum atomic E-state index is -2.95. The van der Waals surface area contributed by atoms with Gasteiger partial charge >= 0.3 is 0 Å². The predicted octanol–water partition coefficient (Wildman–Crippen LogP) is 3.74. The molecular formula is C23H26F2N4O. The first-order valence-electron chi connectivity index (χ1n) is 9.98. The molecule has 5 nitrogen and oxygen atoms in total. The number of nitrogens with two attached hydrogens (primary N) is 1. The minimum Gasteiger partial charge on any atom is -0.346 e. The Kier molecular flexibility index (Phi) is 4.51. The summed E-state index contributed by atoms with van der Waals surface area (Å²) in [5, 5.41) is 11.4. The number of amides is 1. The maximum absolute atomic E-state index is 13.7. The Morgan fingerprint density at radius 3 is 2.33 bits per heavy atom. The molecule has 1 saturated heterocycles. The molecule has 1 heterocycles. The number of likely N-dealkylation sites (N-methyl/N-ethyl adjacent to an activating group) is 1. The molecule has 0 bridgehead atoms. The summed E-state index contributed by atoms with van der Waals surface area (Å²) in [5.74, 6) is -3.92. The van der Waals surface area contributed by atoms with E-state index in [-0.39, 0.29) is 23.0 Å². The molecule has 1 saturated carbocycles. The lowest BCUT2D eigenvalue weighted by Crippen LogP contribution is -2.62. The number of hydrogen-bond acceptors (Lipinski definition) is 3. The number of nitrogens with one attached hydrogen (secondary N) is 2. The standard InChI is InChI=1S/C23H26F2N4O/c1-21(16-5-4-6-17(13-16)23(27)11-12-23)18(19(30)29(3)20(26)28-21)14-7-9-15(10-8-14)22(2,24)25/h4-10,13,18H,11-12,27H2,1-3H3,(H2,26,28)/t18-,21+/m0/s1. The van der Waals surface area contributed by atoms with Crippen LogP contribution in [0, 0.1) is 5.41 Å². The number of guanidine groups is 1. The van der Waals surface area contributed by atoms with Crippen LogP contribution in [0.15, 0.2) is 48.5 Å². The smallest absolute Gasteiger partial charge is 0.270 e. The van der Waals surface area contributed by atoms with E-state index < -0.39 is 17.4 Å². The second kappa shape index (κ2) is 6.60. The zero-order valence-electron chi connectivity index (χ0n) is 17.3. The summed E-state index contributed by atoms with van der Waals surface area (Å²) in [5.41, 5.74) is 7.45. The van der Waals surface area contributed by atoms with Gasteiger partial charge in [-0.1, -0.05) is 48.5 Å². The highest BCUT2D eigenvalue weighted by Gasteiger charge is 2.49. The first kappa shape index (κ1) is 20.5. The first-order valence-corrected chi connectivity index (χ1v) is 9.98. The summed E-state index contributed by atoms with van der Waals surface area (Å²) in [7, 11) is 1.54. The molecule has 2 aromatic rings. The first-order chi connectivity index (χ1) is 14.0. The molecule has 7 heteroatoms. The molecule has 0 unspecified atom stereocenters. The second-order valence-corrected chi connectivity index (χ2v) is 8.75. The monoisotopic (exact) mass is 412 g/mol. The minimum absolute atomic E-state index is 0.00486. The van der Waals surface area contributed by atoms with E-state index in [9.17, 15) is 13.6 Å². The van der Waals surface area contributed by atoms with Crippen LogP contribution in [0.1, 0.15) is 54.9 Å². The summed E-state index contributed by atoms with van der Waals surface area (Å²) < 4.78 is 27.3. The van der Waals surface area contributed by atoms with Crippen LogP contribution >= 0.6 is 0 Å². The highest BCUT2D eigenvalue weighted by Crippen LogP contribution is 2.46. The van der Waals surface area contributed by atoms with E-state index >= 15 is 0 Å². The fraction of sp³-hybridized carbons (Fsp3) is 0.391. The molecule has 2 aromatic carbocycles. The van der Waals surface area contributed by atoms with E-state index in [1.165, 1.54) is 24.1 Å². The maximum Gasteiger partial charge on any atom is 0.270 e. The van der Waals surface area contributed by atoms with Crippen LogP contribution in [0.3, 0.4) is 0 Å². The number of carbonyl (C=O) groups excluding carboxylic acids is 1. The molecule has 2 aliphatic rings. The normalized spacial score (nSPS) is 25.8. The summed E-state index contributed by atoms with van der Waals surface area (Å²) in [6.45, 7) is 2.72. The third-order valence-corrected chi connectivity index (χ3v) is 6.45. The van der Waals surface area contributed by atoms with Gasteiger partial charge in [-0.25, -0.2) is 8.78 Å². The molecule has 2 atom stereocenters. The summed E-state index contributed by atoms with van der Waals surface area (Å²) in [6, 6.07) is 13.7. The molecule has 0 aromatic heterocycles. The molecule has 0 spiro atoms.